The number of halogens is 2. The molecule has 0 aliphatic carbocycles. The summed E-state index contributed by atoms with van der Waals surface area (Å²) in [6, 6.07) is 15.6. The minimum atomic E-state index is -0.179. The van der Waals surface area contributed by atoms with E-state index in [1.54, 1.807) is 0 Å². The number of anilines is 2. The fraction of sp³-hybridized carbons (Fsp3) is 0.294. The van der Waals surface area contributed by atoms with Crippen LogP contribution < -0.4 is 9.80 Å². The Morgan fingerprint density at radius 1 is 0.905 bits per heavy atom. The highest BCUT2D eigenvalue weighted by molar-refractivity contribution is 6.17. The molecule has 2 aromatic rings. The van der Waals surface area contributed by atoms with E-state index in [4.69, 9.17) is 11.6 Å². The van der Waals surface area contributed by atoms with Crippen LogP contribution in [-0.2, 0) is 5.88 Å². The van der Waals surface area contributed by atoms with Crippen LogP contribution in [0.15, 0.2) is 48.5 Å². The van der Waals surface area contributed by atoms with Gasteiger partial charge in [0.25, 0.3) is 0 Å². The van der Waals surface area contributed by atoms with Gasteiger partial charge in [-0.15, -0.1) is 11.6 Å². The zero-order valence-corrected chi connectivity index (χ0v) is 12.6. The van der Waals surface area contributed by atoms with Crippen LogP contribution in [0.5, 0.6) is 0 Å². The highest BCUT2D eigenvalue weighted by Gasteiger charge is 2.19. The van der Waals surface area contributed by atoms with E-state index in [0.717, 1.165) is 31.7 Å². The maximum atomic E-state index is 14.1. The van der Waals surface area contributed by atoms with E-state index in [1.165, 1.54) is 11.8 Å². The molecule has 21 heavy (non-hydrogen) atoms. The van der Waals surface area contributed by atoms with Gasteiger partial charge < -0.3 is 9.80 Å². The molecule has 1 aliphatic heterocycles. The molecule has 0 saturated carbocycles. The fourth-order valence-corrected chi connectivity index (χ4v) is 2.90. The summed E-state index contributed by atoms with van der Waals surface area (Å²) in [6.45, 7) is 3.46. The Labute approximate surface area is 129 Å². The molecule has 110 valence electrons. The van der Waals surface area contributed by atoms with Gasteiger partial charge in [-0.1, -0.05) is 24.3 Å². The number of nitrogens with zero attached hydrogens (tertiary/aromatic N) is 2. The molecule has 1 aliphatic rings. The minimum Gasteiger partial charge on any atom is -0.368 e. The number of para-hydroxylation sites is 1. The topological polar surface area (TPSA) is 6.48 Å². The van der Waals surface area contributed by atoms with Crippen LogP contribution in [0.1, 0.15) is 5.56 Å². The second-order valence-corrected chi connectivity index (χ2v) is 5.50. The Bertz CT molecular complexity index is 595. The molecule has 1 fully saturated rings. The predicted octanol–water partition coefficient (Wildman–Crippen LogP) is 3.89. The van der Waals surface area contributed by atoms with Crippen molar-refractivity contribution < 1.29 is 4.39 Å². The van der Waals surface area contributed by atoms with Crippen LogP contribution in [-0.4, -0.2) is 26.2 Å². The van der Waals surface area contributed by atoms with E-state index < -0.39 is 0 Å². The van der Waals surface area contributed by atoms with Crippen LogP contribution in [0.25, 0.3) is 0 Å². The van der Waals surface area contributed by atoms with Gasteiger partial charge in [-0.3, -0.25) is 0 Å². The average molecular weight is 305 g/mol. The monoisotopic (exact) mass is 304 g/mol. The summed E-state index contributed by atoms with van der Waals surface area (Å²) in [7, 11) is 0. The van der Waals surface area contributed by atoms with Crippen molar-refractivity contribution in [2.45, 2.75) is 5.88 Å². The molecule has 1 heterocycles. The summed E-state index contributed by atoms with van der Waals surface area (Å²) in [6.07, 6.45) is 0. The summed E-state index contributed by atoms with van der Waals surface area (Å²) in [5.41, 5.74) is 2.73. The lowest BCUT2D eigenvalue weighted by Crippen LogP contribution is -2.46. The molecule has 3 rings (SSSR count). The molecular weight excluding hydrogens is 287 g/mol. The van der Waals surface area contributed by atoms with Gasteiger partial charge in [0.2, 0.25) is 0 Å². The van der Waals surface area contributed by atoms with Crippen LogP contribution in [0.2, 0.25) is 0 Å². The standard InChI is InChI=1S/C17H18ClFN2/c18-13-14-6-7-17(16(19)12-14)21-10-8-20(9-11-21)15-4-2-1-3-5-15/h1-7,12H,8-11,13H2. The van der Waals surface area contributed by atoms with Crippen molar-refractivity contribution in [1.82, 2.24) is 0 Å². The van der Waals surface area contributed by atoms with Crippen LogP contribution in [0, 0.1) is 5.82 Å². The van der Waals surface area contributed by atoms with E-state index >= 15 is 0 Å². The van der Waals surface area contributed by atoms with E-state index in [0.29, 0.717) is 11.6 Å². The Balaban J connectivity index is 1.68. The van der Waals surface area contributed by atoms with Crippen molar-refractivity contribution >= 4 is 23.0 Å². The SMILES string of the molecule is Fc1cc(CCl)ccc1N1CCN(c2ccccc2)CC1. The first kappa shape index (κ1) is 14.2. The number of alkyl halides is 1. The summed E-state index contributed by atoms with van der Waals surface area (Å²) >= 11 is 5.74. The molecule has 0 N–H and O–H groups in total. The van der Waals surface area contributed by atoms with Gasteiger partial charge in [0.05, 0.1) is 5.69 Å². The Morgan fingerprint density at radius 3 is 2.19 bits per heavy atom. The van der Waals surface area contributed by atoms with E-state index in [2.05, 4.69) is 21.9 Å². The quantitative estimate of drug-likeness (QED) is 0.794. The van der Waals surface area contributed by atoms with Crippen molar-refractivity contribution in [2.24, 2.45) is 0 Å². The van der Waals surface area contributed by atoms with E-state index in [9.17, 15) is 4.39 Å². The van der Waals surface area contributed by atoms with E-state index in [-0.39, 0.29) is 5.82 Å². The maximum Gasteiger partial charge on any atom is 0.146 e. The molecule has 0 radical (unpaired) electrons. The first-order valence-electron chi connectivity index (χ1n) is 7.17. The molecule has 1 saturated heterocycles. The second-order valence-electron chi connectivity index (χ2n) is 5.23. The lowest BCUT2D eigenvalue weighted by molar-refractivity contribution is 0.597. The molecule has 0 bridgehead atoms. The fourth-order valence-electron chi connectivity index (χ4n) is 2.73. The van der Waals surface area contributed by atoms with Gasteiger partial charge in [-0.25, -0.2) is 4.39 Å². The number of benzene rings is 2. The van der Waals surface area contributed by atoms with Crippen molar-refractivity contribution in [3.8, 4) is 0 Å². The second kappa shape index (κ2) is 6.35. The van der Waals surface area contributed by atoms with Gasteiger partial charge in [0.1, 0.15) is 5.82 Å². The summed E-state index contributed by atoms with van der Waals surface area (Å²) in [5, 5.41) is 0. The third kappa shape index (κ3) is 3.13. The molecule has 4 heteroatoms. The number of piperazine rings is 1. The van der Waals surface area contributed by atoms with Gasteiger partial charge in [0.15, 0.2) is 0 Å². The molecule has 2 nitrogen and oxygen atoms in total. The van der Waals surface area contributed by atoms with Crippen LogP contribution >= 0.6 is 11.6 Å². The zero-order chi connectivity index (χ0) is 14.7. The van der Waals surface area contributed by atoms with E-state index in [1.807, 2.05) is 30.3 Å². The maximum absolute atomic E-state index is 14.1. The van der Waals surface area contributed by atoms with Crippen molar-refractivity contribution in [2.75, 3.05) is 36.0 Å². The normalized spacial score (nSPS) is 15.3. The number of hydrogen-bond acceptors (Lipinski definition) is 2. The van der Waals surface area contributed by atoms with Crippen LogP contribution in [0.3, 0.4) is 0 Å². The van der Waals surface area contributed by atoms with Gasteiger partial charge in [0, 0.05) is 37.7 Å². The Hall–Kier alpha value is -1.74. The Morgan fingerprint density at radius 2 is 1.57 bits per heavy atom. The van der Waals surface area contributed by atoms with Crippen molar-refractivity contribution in [3.05, 3.63) is 59.9 Å². The number of hydrogen-bond donors (Lipinski definition) is 0. The third-order valence-corrected chi connectivity index (χ3v) is 4.22. The highest BCUT2D eigenvalue weighted by Crippen LogP contribution is 2.24. The van der Waals surface area contributed by atoms with Gasteiger partial charge in [-0.05, 0) is 29.8 Å². The molecule has 0 aromatic heterocycles. The number of rotatable bonds is 3. The predicted molar refractivity (Wildman–Crippen MR) is 86.8 cm³/mol. The lowest BCUT2D eigenvalue weighted by atomic mass is 10.1. The van der Waals surface area contributed by atoms with Crippen molar-refractivity contribution in [1.29, 1.82) is 0 Å². The molecular formula is C17H18ClFN2. The lowest BCUT2D eigenvalue weighted by Gasteiger charge is -2.37. The highest BCUT2D eigenvalue weighted by atomic mass is 35.5. The first-order valence-corrected chi connectivity index (χ1v) is 7.71. The Kier molecular flexibility index (Phi) is 4.30. The van der Waals surface area contributed by atoms with Crippen LogP contribution in [0.4, 0.5) is 15.8 Å². The summed E-state index contributed by atoms with van der Waals surface area (Å²) < 4.78 is 14.1. The minimum absolute atomic E-state index is 0.179. The molecule has 2 aromatic carbocycles. The van der Waals surface area contributed by atoms with Gasteiger partial charge >= 0.3 is 0 Å². The molecule has 0 atom stereocenters. The summed E-state index contributed by atoms with van der Waals surface area (Å²) in [4.78, 5) is 4.44. The zero-order valence-electron chi connectivity index (χ0n) is 11.8. The van der Waals surface area contributed by atoms with Crippen molar-refractivity contribution in [3.63, 3.8) is 0 Å². The molecule has 0 amide bonds. The summed E-state index contributed by atoms with van der Waals surface area (Å²) in [5.74, 6) is 0.167. The molecule has 0 unspecified atom stereocenters. The van der Waals surface area contributed by atoms with Gasteiger partial charge in [-0.2, -0.15) is 0 Å². The smallest absolute Gasteiger partial charge is 0.146 e. The largest absolute Gasteiger partial charge is 0.368 e. The molecule has 0 spiro atoms. The first-order chi connectivity index (χ1) is 10.3. The third-order valence-electron chi connectivity index (χ3n) is 3.91. The average Bonchev–Trinajstić information content (AvgIpc) is 2.56.